The lowest BCUT2D eigenvalue weighted by Crippen LogP contribution is -2.18. The molecule has 0 aromatic carbocycles. The Morgan fingerprint density at radius 1 is 1.50 bits per heavy atom. The van der Waals surface area contributed by atoms with Crippen LogP contribution in [-0.2, 0) is 11.3 Å². The quantitative estimate of drug-likeness (QED) is 0.741. The van der Waals surface area contributed by atoms with Crippen molar-refractivity contribution in [2.45, 2.75) is 25.9 Å². The van der Waals surface area contributed by atoms with Gasteiger partial charge in [0.25, 0.3) is 0 Å². The number of anilines is 1. The summed E-state index contributed by atoms with van der Waals surface area (Å²) >= 11 is 5.93. The van der Waals surface area contributed by atoms with Crippen LogP contribution in [0.2, 0.25) is 5.15 Å². The fraction of sp³-hybridized carbons (Fsp3) is 0.667. The standard InChI is InChI=1S/C12H18ClN3O2/c1-18-7-11-15-9(13)6-10(16-11)14-8-12(2-3-12)4-5-17/h6,17H,2-5,7-8H2,1H3,(H,14,15,16). The number of halogens is 1. The van der Waals surface area contributed by atoms with Gasteiger partial charge in [-0.2, -0.15) is 0 Å². The minimum absolute atomic E-state index is 0.237. The van der Waals surface area contributed by atoms with Crippen molar-refractivity contribution in [3.63, 3.8) is 0 Å². The SMILES string of the molecule is COCc1nc(Cl)cc(NCC2(CCO)CC2)n1. The number of aromatic nitrogens is 2. The Hall–Kier alpha value is -0.910. The van der Waals surface area contributed by atoms with E-state index in [9.17, 15) is 0 Å². The molecule has 0 atom stereocenters. The first-order valence-electron chi connectivity index (χ1n) is 6.05. The summed E-state index contributed by atoms with van der Waals surface area (Å²) in [4.78, 5) is 8.39. The molecule has 0 bridgehead atoms. The molecular weight excluding hydrogens is 254 g/mol. The molecule has 1 fully saturated rings. The van der Waals surface area contributed by atoms with Crippen LogP contribution in [0.1, 0.15) is 25.1 Å². The van der Waals surface area contributed by atoms with Crippen molar-refractivity contribution in [3.8, 4) is 0 Å². The molecule has 1 saturated carbocycles. The van der Waals surface area contributed by atoms with E-state index in [1.54, 1.807) is 13.2 Å². The number of nitrogens with one attached hydrogen (secondary N) is 1. The monoisotopic (exact) mass is 271 g/mol. The van der Waals surface area contributed by atoms with E-state index in [2.05, 4.69) is 15.3 Å². The molecule has 0 radical (unpaired) electrons. The fourth-order valence-corrected chi connectivity index (χ4v) is 2.16. The number of hydrogen-bond donors (Lipinski definition) is 2. The molecule has 1 aromatic heterocycles. The molecule has 0 spiro atoms. The van der Waals surface area contributed by atoms with Crippen LogP contribution in [0.4, 0.5) is 5.82 Å². The Morgan fingerprint density at radius 2 is 2.28 bits per heavy atom. The molecule has 1 aliphatic rings. The van der Waals surface area contributed by atoms with E-state index in [4.69, 9.17) is 21.4 Å². The number of methoxy groups -OCH3 is 1. The predicted octanol–water partition coefficient (Wildman–Crippen LogP) is 1.85. The lowest BCUT2D eigenvalue weighted by atomic mass is 10.0. The van der Waals surface area contributed by atoms with Crippen molar-refractivity contribution < 1.29 is 9.84 Å². The van der Waals surface area contributed by atoms with Crippen molar-refractivity contribution in [3.05, 3.63) is 17.0 Å². The van der Waals surface area contributed by atoms with E-state index < -0.39 is 0 Å². The van der Waals surface area contributed by atoms with Crippen LogP contribution in [0.15, 0.2) is 6.07 Å². The molecule has 0 amide bonds. The van der Waals surface area contributed by atoms with Gasteiger partial charge in [0.15, 0.2) is 5.82 Å². The lowest BCUT2D eigenvalue weighted by molar-refractivity contribution is 0.178. The first-order chi connectivity index (χ1) is 8.67. The van der Waals surface area contributed by atoms with Crippen molar-refractivity contribution in [2.75, 3.05) is 25.6 Å². The first-order valence-corrected chi connectivity index (χ1v) is 6.42. The molecule has 1 heterocycles. The molecule has 0 unspecified atom stereocenters. The van der Waals surface area contributed by atoms with E-state index in [1.807, 2.05) is 0 Å². The molecule has 1 aliphatic carbocycles. The minimum atomic E-state index is 0.237. The van der Waals surface area contributed by atoms with Gasteiger partial charge in [-0.05, 0) is 24.7 Å². The summed E-state index contributed by atoms with van der Waals surface area (Å²) in [5.74, 6) is 1.28. The Bertz CT molecular complexity index is 410. The second-order valence-electron chi connectivity index (χ2n) is 4.75. The van der Waals surface area contributed by atoms with Gasteiger partial charge in [-0.15, -0.1) is 0 Å². The van der Waals surface area contributed by atoms with E-state index in [0.29, 0.717) is 23.4 Å². The average Bonchev–Trinajstić information content (AvgIpc) is 3.07. The molecule has 0 aliphatic heterocycles. The number of rotatable bonds is 7. The summed E-state index contributed by atoms with van der Waals surface area (Å²) in [5.41, 5.74) is 0.244. The Kier molecular flexibility index (Phi) is 4.37. The second-order valence-corrected chi connectivity index (χ2v) is 5.14. The number of hydrogen-bond acceptors (Lipinski definition) is 5. The summed E-state index contributed by atoms with van der Waals surface area (Å²) in [6.45, 7) is 1.39. The first kappa shape index (κ1) is 13.5. The number of aliphatic hydroxyl groups is 1. The van der Waals surface area contributed by atoms with Gasteiger partial charge in [0, 0.05) is 26.3 Å². The van der Waals surface area contributed by atoms with Gasteiger partial charge < -0.3 is 15.2 Å². The minimum Gasteiger partial charge on any atom is -0.396 e. The third-order valence-electron chi connectivity index (χ3n) is 3.26. The fourth-order valence-electron chi connectivity index (χ4n) is 1.96. The Balaban J connectivity index is 1.96. The van der Waals surface area contributed by atoms with Crippen LogP contribution < -0.4 is 5.32 Å². The van der Waals surface area contributed by atoms with E-state index in [-0.39, 0.29) is 12.0 Å². The highest BCUT2D eigenvalue weighted by Crippen LogP contribution is 2.48. The molecule has 2 N–H and O–H groups in total. The number of aliphatic hydroxyl groups excluding tert-OH is 1. The molecule has 2 rings (SSSR count). The third-order valence-corrected chi connectivity index (χ3v) is 3.45. The van der Waals surface area contributed by atoms with E-state index >= 15 is 0 Å². The maximum atomic E-state index is 9.01. The van der Waals surface area contributed by atoms with Crippen LogP contribution >= 0.6 is 11.6 Å². The number of ether oxygens (including phenoxy) is 1. The van der Waals surface area contributed by atoms with Gasteiger partial charge in [0.2, 0.25) is 0 Å². The highest BCUT2D eigenvalue weighted by molar-refractivity contribution is 6.29. The predicted molar refractivity (Wildman–Crippen MR) is 69.6 cm³/mol. The topological polar surface area (TPSA) is 67.3 Å². The molecule has 18 heavy (non-hydrogen) atoms. The summed E-state index contributed by atoms with van der Waals surface area (Å²) in [6.07, 6.45) is 3.15. The number of nitrogens with zero attached hydrogens (tertiary/aromatic N) is 2. The van der Waals surface area contributed by atoms with Crippen LogP contribution in [0.5, 0.6) is 0 Å². The second kappa shape index (κ2) is 5.82. The van der Waals surface area contributed by atoms with Crippen LogP contribution in [0.3, 0.4) is 0 Å². The summed E-state index contributed by atoms with van der Waals surface area (Å²) in [7, 11) is 1.60. The van der Waals surface area contributed by atoms with Gasteiger partial charge in [0.05, 0.1) is 0 Å². The maximum absolute atomic E-state index is 9.01. The summed E-state index contributed by atoms with van der Waals surface area (Å²) in [6, 6.07) is 1.70. The highest BCUT2D eigenvalue weighted by atomic mass is 35.5. The normalized spacial score (nSPS) is 16.6. The van der Waals surface area contributed by atoms with Gasteiger partial charge in [-0.1, -0.05) is 11.6 Å². The van der Waals surface area contributed by atoms with Gasteiger partial charge in [0.1, 0.15) is 17.6 Å². The summed E-state index contributed by atoms with van der Waals surface area (Å²) < 4.78 is 4.99. The van der Waals surface area contributed by atoms with Crippen molar-refractivity contribution >= 4 is 17.4 Å². The van der Waals surface area contributed by atoms with Crippen LogP contribution in [0.25, 0.3) is 0 Å². The zero-order valence-electron chi connectivity index (χ0n) is 10.4. The Morgan fingerprint density at radius 3 is 2.89 bits per heavy atom. The van der Waals surface area contributed by atoms with Crippen molar-refractivity contribution in [2.24, 2.45) is 5.41 Å². The molecular formula is C12H18ClN3O2. The molecule has 1 aromatic rings. The van der Waals surface area contributed by atoms with E-state index in [0.717, 1.165) is 25.8 Å². The summed E-state index contributed by atoms with van der Waals surface area (Å²) in [5, 5.41) is 12.7. The van der Waals surface area contributed by atoms with Crippen LogP contribution in [0, 0.1) is 5.41 Å². The maximum Gasteiger partial charge on any atom is 0.158 e. The zero-order chi connectivity index (χ0) is 13.0. The van der Waals surface area contributed by atoms with Gasteiger partial charge in [-0.25, -0.2) is 9.97 Å². The Labute approximate surface area is 112 Å². The lowest BCUT2D eigenvalue weighted by Gasteiger charge is -2.15. The largest absolute Gasteiger partial charge is 0.396 e. The molecule has 100 valence electrons. The third kappa shape index (κ3) is 3.54. The van der Waals surface area contributed by atoms with Crippen molar-refractivity contribution in [1.82, 2.24) is 9.97 Å². The average molecular weight is 272 g/mol. The van der Waals surface area contributed by atoms with Crippen LogP contribution in [-0.4, -0.2) is 35.3 Å². The van der Waals surface area contributed by atoms with E-state index in [1.165, 1.54) is 0 Å². The van der Waals surface area contributed by atoms with Crippen molar-refractivity contribution in [1.29, 1.82) is 0 Å². The molecule has 0 saturated heterocycles. The highest BCUT2D eigenvalue weighted by Gasteiger charge is 2.41. The molecule has 5 nitrogen and oxygen atoms in total. The smallest absolute Gasteiger partial charge is 0.158 e. The van der Waals surface area contributed by atoms with Gasteiger partial charge >= 0.3 is 0 Å². The zero-order valence-corrected chi connectivity index (χ0v) is 11.2. The van der Waals surface area contributed by atoms with Gasteiger partial charge in [-0.3, -0.25) is 0 Å². The molecule has 6 heteroatoms.